The van der Waals surface area contributed by atoms with Crippen LogP contribution in [0.5, 0.6) is 0 Å². The lowest BCUT2D eigenvalue weighted by Crippen LogP contribution is -2.44. The molecule has 0 aromatic carbocycles. The van der Waals surface area contributed by atoms with Gasteiger partial charge >= 0.3 is 0 Å². The molecule has 17 heavy (non-hydrogen) atoms. The minimum absolute atomic E-state index is 0. The molecule has 0 aromatic rings. The topological polar surface area (TPSA) is 55.6 Å². The molecule has 1 rings (SSSR count). The number of ether oxygens (including phenoxy) is 1. The van der Waals surface area contributed by atoms with Crippen molar-refractivity contribution in [3.63, 3.8) is 0 Å². The SMILES string of the molecule is CC(C)C[C@H](N)C(=O)N(C)CC1CCOC1.Cl. The van der Waals surface area contributed by atoms with Gasteiger partial charge in [-0.25, -0.2) is 0 Å². The van der Waals surface area contributed by atoms with Gasteiger partial charge in [0.25, 0.3) is 0 Å². The number of likely N-dealkylation sites (N-methyl/N-ethyl adjacent to an activating group) is 1. The summed E-state index contributed by atoms with van der Waals surface area (Å²) < 4.78 is 5.29. The molecular weight excluding hydrogens is 240 g/mol. The highest BCUT2D eigenvalue weighted by molar-refractivity contribution is 5.85. The number of nitrogens with zero attached hydrogens (tertiary/aromatic N) is 1. The molecule has 1 fully saturated rings. The average Bonchev–Trinajstić information content (AvgIpc) is 2.68. The zero-order valence-corrected chi connectivity index (χ0v) is 11.8. The van der Waals surface area contributed by atoms with E-state index in [0.29, 0.717) is 11.8 Å². The van der Waals surface area contributed by atoms with Crippen LogP contribution < -0.4 is 5.73 Å². The summed E-state index contributed by atoms with van der Waals surface area (Å²) in [6, 6.07) is -0.354. The minimum atomic E-state index is -0.354. The van der Waals surface area contributed by atoms with Crippen molar-refractivity contribution >= 4 is 18.3 Å². The predicted molar refractivity (Wildman–Crippen MR) is 71.2 cm³/mol. The lowest BCUT2D eigenvalue weighted by Gasteiger charge is -2.24. The zero-order chi connectivity index (χ0) is 12.1. The van der Waals surface area contributed by atoms with Gasteiger partial charge < -0.3 is 15.4 Å². The number of carbonyl (C=O) groups excluding carboxylic acids is 1. The quantitative estimate of drug-likeness (QED) is 0.814. The Labute approximate surface area is 110 Å². The van der Waals surface area contributed by atoms with Crippen molar-refractivity contribution in [1.29, 1.82) is 0 Å². The molecule has 0 aliphatic carbocycles. The number of amides is 1. The van der Waals surface area contributed by atoms with Crippen LogP contribution in [0.3, 0.4) is 0 Å². The lowest BCUT2D eigenvalue weighted by atomic mass is 10.0. The summed E-state index contributed by atoms with van der Waals surface area (Å²) in [4.78, 5) is 13.7. The summed E-state index contributed by atoms with van der Waals surface area (Å²) in [7, 11) is 1.83. The number of hydrogen-bond donors (Lipinski definition) is 1. The van der Waals surface area contributed by atoms with E-state index in [9.17, 15) is 4.79 Å². The third-order valence-electron chi connectivity index (χ3n) is 2.97. The largest absolute Gasteiger partial charge is 0.381 e. The van der Waals surface area contributed by atoms with Crippen LogP contribution in [0.25, 0.3) is 0 Å². The molecule has 0 radical (unpaired) electrons. The molecule has 2 atom stereocenters. The molecular formula is C12H25ClN2O2. The van der Waals surface area contributed by atoms with Gasteiger partial charge in [0.15, 0.2) is 0 Å². The molecule has 1 aliphatic heterocycles. The Kier molecular flexibility index (Phi) is 7.75. The molecule has 1 amide bonds. The average molecular weight is 265 g/mol. The number of nitrogens with two attached hydrogens (primary N) is 1. The standard InChI is InChI=1S/C12H24N2O2.ClH/c1-9(2)6-11(13)12(15)14(3)7-10-4-5-16-8-10;/h9-11H,4-8,13H2,1-3H3;1H/t10?,11-;/m0./s1. The van der Waals surface area contributed by atoms with Crippen molar-refractivity contribution in [3.8, 4) is 0 Å². The second-order valence-corrected chi connectivity index (χ2v) is 5.18. The van der Waals surface area contributed by atoms with Crippen LogP contribution in [0.15, 0.2) is 0 Å². The molecule has 1 saturated heterocycles. The van der Waals surface area contributed by atoms with E-state index in [-0.39, 0.29) is 24.4 Å². The first kappa shape index (κ1) is 16.7. The van der Waals surface area contributed by atoms with Crippen LogP contribution in [0.1, 0.15) is 26.7 Å². The summed E-state index contributed by atoms with van der Waals surface area (Å²) in [6.45, 7) is 6.53. The van der Waals surface area contributed by atoms with E-state index in [2.05, 4.69) is 13.8 Å². The van der Waals surface area contributed by atoms with E-state index in [1.807, 2.05) is 7.05 Å². The molecule has 0 bridgehead atoms. The lowest BCUT2D eigenvalue weighted by molar-refractivity contribution is -0.132. The number of rotatable bonds is 5. The first-order chi connectivity index (χ1) is 7.50. The van der Waals surface area contributed by atoms with Gasteiger partial charge in [-0.05, 0) is 18.8 Å². The van der Waals surface area contributed by atoms with Crippen LogP contribution in [-0.4, -0.2) is 43.7 Å². The third-order valence-corrected chi connectivity index (χ3v) is 2.97. The van der Waals surface area contributed by atoms with E-state index in [0.717, 1.165) is 32.6 Å². The van der Waals surface area contributed by atoms with Crippen molar-refractivity contribution in [3.05, 3.63) is 0 Å². The van der Waals surface area contributed by atoms with E-state index in [1.165, 1.54) is 0 Å². The molecule has 102 valence electrons. The maximum Gasteiger partial charge on any atom is 0.239 e. The molecule has 0 aromatic heterocycles. The fourth-order valence-corrected chi connectivity index (χ4v) is 2.10. The molecule has 4 nitrogen and oxygen atoms in total. The monoisotopic (exact) mass is 264 g/mol. The third kappa shape index (κ3) is 5.70. The van der Waals surface area contributed by atoms with Gasteiger partial charge in [-0.15, -0.1) is 12.4 Å². The smallest absolute Gasteiger partial charge is 0.239 e. The molecule has 1 unspecified atom stereocenters. The van der Waals surface area contributed by atoms with Crippen LogP contribution in [0, 0.1) is 11.8 Å². The Hall–Kier alpha value is -0.320. The molecule has 1 aliphatic rings. The summed E-state index contributed by atoms with van der Waals surface area (Å²) in [5.74, 6) is 1.00. The second kappa shape index (κ2) is 7.90. The van der Waals surface area contributed by atoms with Crippen LogP contribution >= 0.6 is 12.4 Å². The van der Waals surface area contributed by atoms with E-state index >= 15 is 0 Å². The van der Waals surface area contributed by atoms with Gasteiger partial charge in [0.05, 0.1) is 12.6 Å². The maximum absolute atomic E-state index is 11.9. The summed E-state index contributed by atoms with van der Waals surface area (Å²) in [6.07, 6.45) is 1.81. The fraction of sp³-hybridized carbons (Fsp3) is 0.917. The number of carbonyl (C=O) groups is 1. The predicted octanol–water partition coefficient (Wildman–Crippen LogP) is 1.28. The Morgan fingerprint density at radius 2 is 2.18 bits per heavy atom. The van der Waals surface area contributed by atoms with Gasteiger partial charge in [-0.3, -0.25) is 4.79 Å². The van der Waals surface area contributed by atoms with E-state index in [4.69, 9.17) is 10.5 Å². The van der Waals surface area contributed by atoms with E-state index in [1.54, 1.807) is 4.90 Å². The van der Waals surface area contributed by atoms with E-state index < -0.39 is 0 Å². The first-order valence-corrected chi connectivity index (χ1v) is 6.09. The summed E-state index contributed by atoms with van der Waals surface area (Å²) in [5, 5.41) is 0. The highest BCUT2D eigenvalue weighted by Gasteiger charge is 2.23. The molecule has 2 N–H and O–H groups in total. The second-order valence-electron chi connectivity index (χ2n) is 5.18. The number of halogens is 1. The maximum atomic E-state index is 11.9. The van der Waals surface area contributed by atoms with Crippen molar-refractivity contribution in [2.24, 2.45) is 17.6 Å². The van der Waals surface area contributed by atoms with Gasteiger partial charge in [0.1, 0.15) is 0 Å². The number of hydrogen-bond acceptors (Lipinski definition) is 3. The Balaban J connectivity index is 0.00000256. The highest BCUT2D eigenvalue weighted by atomic mass is 35.5. The van der Waals surface area contributed by atoms with Gasteiger partial charge in [0, 0.05) is 26.1 Å². The molecule has 0 saturated carbocycles. The first-order valence-electron chi connectivity index (χ1n) is 6.09. The van der Waals surface area contributed by atoms with Crippen LogP contribution in [0.4, 0.5) is 0 Å². The van der Waals surface area contributed by atoms with Crippen LogP contribution in [0.2, 0.25) is 0 Å². The molecule has 0 spiro atoms. The van der Waals surface area contributed by atoms with Crippen LogP contribution in [-0.2, 0) is 9.53 Å². The van der Waals surface area contributed by atoms with Crippen molar-refractivity contribution < 1.29 is 9.53 Å². The summed E-state index contributed by atoms with van der Waals surface area (Å²) >= 11 is 0. The minimum Gasteiger partial charge on any atom is -0.381 e. The van der Waals surface area contributed by atoms with Crippen molar-refractivity contribution in [2.75, 3.05) is 26.8 Å². The van der Waals surface area contributed by atoms with Crippen molar-refractivity contribution in [2.45, 2.75) is 32.7 Å². The Bertz CT molecular complexity index is 231. The molecule has 5 heteroatoms. The van der Waals surface area contributed by atoms with Gasteiger partial charge in [0.2, 0.25) is 5.91 Å². The fourth-order valence-electron chi connectivity index (χ4n) is 2.10. The summed E-state index contributed by atoms with van der Waals surface area (Å²) in [5.41, 5.74) is 5.87. The van der Waals surface area contributed by atoms with Gasteiger partial charge in [-0.1, -0.05) is 13.8 Å². The zero-order valence-electron chi connectivity index (χ0n) is 11.0. The normalized spacial score (nSPS) is 21.1. The van der Waals surface area contributed by atoms with Crippen molar-refractivity contribution in [1.82, 2.24) is 4.90 Å². The Morgan fingerprint density at radius 1 is 1.53 bits per heavy atom. The molecule has 1 heterocycles. The highest BCUT2D eigenvalue weighted by Crippen LogP contribution is 2.14. The van der Waals surface area contributed by atoms with Gasteiger partial charge in [-0.2, -0.15) is 0 Å². The Morgan fingerprint density at radius 3 is 2.65 bits per heavy atom.